The maximum Gasteiger partial charge on any atom is 0.408 e. The van der Waals surface area contributed by atoms with Gasteiger partial charge in [0, 0.05) is 19.9 Å². The van der Waals surface area contributed by atoms with Crippen LogP contribution in [0, 0.1) is 0 Å². The van der Waals surface area contributed by atoms with E-state index < -0.39 is 96.4 Å². The van der Waals surface area contributed by atoms with Crippen LogP contribution < -0.4 is 10.6 Å². The zero-order chi connectivity index (χ0) is 52.0. The lowest BCUT2D eigenvalue weighted by molar-refractivity contribution is -0.301. The number of nitrogens with one attached hydrogen (secondary N) is 2. The van der Waals surface area contributed by atoms with Gasteiger partial charge in [-0.2, -0.15) is 0 Å². The molecule has 0 bridgehead atoms. The van der Waals surface area contributed by atoms with Gasteiger partial charge in [-0.3, -0.25) is 0 Å². The number of hydrogen-bond donors (Lipinski definition) is 2. The van der Waals surface area contributed by atoms with E-state index in [0.717, 1.165) is 11.1 Å². The molecule has 2 N–H and O–H groups in total. The number of azide groups is 2. The van der Waals surface area contributed by atoms with E-state index in [-0.39, 0.29) is 37.3 Å². The van der Waals surface area contributed by atoms with Gasteiger partial charge in [-0.25, -0.2) is 19.2 Å². The molecular weight excluding hydrogens is 975 g/mol. The molecule has 2 amide bonds. The van der Waals surface area contributed by atoms with E-state index in [1.165, 1.54) is 48.5 Å². The maximum absolute atomic E-state index is 14.4. The minimum atomic E-state index is -1.76. The standard InChI is InChI=1S/C50H56Cl2N8O12/c1-49(2,3)71-47(63)56-35-25-36(57-48(64)72-50(4,5)6)40(43(69-45(62)32-19-23-34(52)24-20-32)39(35)68-44(61)31-17-21-33(51)22-18-31)70-46-38(58-60-54)42(66-28-30-15-11-8-12-16-30)41(37(67-46)26-55-59-53)65-27-29-13-9-7-10-14-29/h7-24,35-43,46H,25-28H2,1-6H3,(H,56,63)(H,57,64)/t35-,36+,37-,38-,39+,40-,41-,42-,43-,46-/m1/s1. The fraction of sp³-hybridized carbons (Fsp3) is 0.440. The number of alkyl carbamates (subject to hydrolysis) is 2. The Kier molecular flexibility index (Phi) is 19.1. The number of halogens is 2. The lowest BCUT2D eigenvalue weighted by Crippen LogP contribution is -2.69. The topological polar surface area (TPSA) is 264 Å². The third-order valence-corrected chi connectivity index (χ3v) is 11.5. The summed E-state index contributed by atoms with van der Waals surface area (Å²) in [5, 5.41) is 14.2. The van der Waals surface area contributed by atoms with Gasteiger partial charge in [-0.1, -0.05) is 94.1 Å². The average molecular weight is 1030 g/mol. The van der Waals surface area contributed by atoms with E-state index in [9.17, 15) is 30.2 Å². The largest absolute Gasteiger partial charge is 0.452 e. The van der Waals surface area contributed by atoms with Gasteiger partial charge in [0.05, 0.1) is 49.1 Å². The second-order valence-corrected chi connectivity index (χ2v) is 19.6. The molecule has 382 valence electrons. The molecule has 4 aromatic carbocycles. The molecule has 0 spiro atoms. The van der Waals surface area contributed by atoms with Gasteiger partial charge >= 0.3 is 24.1 Å². The van der Waals surface area contributed by atoms with E-state index >= 15 is 0 Å². The molecule has 2 fully saturated rings. The number of esters is 2. The van der Waals surface area contributed by atoms with Crippen LogP contribution in [0.4, 0.5) is 9.59 Å². The SMILES string of the molecule is CC(C)(C)OC(=O)N[C@H]1C[C@@H](NC(=O)OC(C)(C)C)[C@H](OC(=O)c2ccc(Cl)cc2)[C@@H](OC(=O)c2ccc(Cl)cc2)[C@@H]1O[C@H]1O[C@H](CN=[N+]=[N-])[C@@H](OCc2ccccc2)[C@H](OCc2ccccc2)[C@H]1N=[N+]=[N-]. The first-order chi connectivity index (χ1) is 34.3. The van der Waals surface area contributed by atoms with E-state index in [4.69, 9.17) is 61.1 Å². The molecule has 20 nitrogen and oxygen atoms in total. The molecule has 6 rings (SSSR count). The number of rotatable bonds is 17. The Morgan fingerprint density at radius 3 is 1.54 bits per heavy atom. The van der Waals surface area contributed by atoms with Gasteiger partial charge in [-0.15, -0.1) is 0 Å². The van der Waals surface area contributed by atoms with Crippen molar-refractivity contribution in [2.75, 3.05) is 6.54 Å². The summed E-state index contributed by atoms with van der Waals surface area (Å²) in [6.07, 6.45) is -12.3. The predicted octanol–water partition coefficient (Wildman–Crippen LogP) is 10.2. The highest BCUT2D eigenvalue weighted by molar-refractivity contribution is 6.31. The Morgan fingerprint density at radius 1 is 0.625 bits per heavy atom. The molecule has 0 unspecified atom stereocenters. The lowest BCUT2D eigenvalue weighted by Gasteiger charge is -2.49. The maximum atomic E-state index is 14.4. The van der Waals surface area contributed by atoms with Crippen LogP contribution in [0.3, 0.4) is 0 Å². The molecule has 22 heteroatoms. The highest BCUT2D eigenvalue weighted by atomic mass is 35.5. The molecule has 1 saturated heterocycles. The van der Waals surface area contributed by atoms with Crippen molar-refractivity contribution in [2.45, 2.75) is 133 Å². The van der Waals surface area contributed by atoms with Crippen LogP contribution in [0.1, 0.15) is 79.8 Å². The zero-order valence-corrected chi connectivity index (χ0v) is 41.8. The van der Waals surface area contributed by atoms with Crippen LogP contribution in [0.15, 0.2) is 119 Å². The van der Waals surface area contributed by atoms with Crippen LogP contribution in [-0.2, 0) is 51.1 Å². The second-order valence-electron chi connectivity index (χ2n) is 18.8. The Morgan fingerprint density at radius 2 is 1.08 bits per heavy atom. The molecule has 1 heterocycles. The Labute approximate surface area is 426 Å². The van der Waals surface area contributed by atoms with E-state index in [0.29, 0.717) is 10.0 Å². The number of hydrogen-bond acceptors (Lipinski definition) is 14. The molecule has 10 atom stereocenters. The fourth-order valence-corrected chi connectivity index (χ4v) is 8.18. The van der Waals surface area contributed by atoms with Gasteiger partial charge in [0.2, 0.25) is 0 Å². The third-order valence-electron chi connectivity index (χ3n) is 11.0. The van der Waals surface area contributed by atoms with Crippen molar-refractivity contribution in [2.24, 2.45) is 10.2 Å². The second kappa shape index (κ2) is 25.2. The normalized spacial score (nSPS) is 24.0. The van der Waals surface area contributed by atoms with Crippen molar-refractivity contribution >= 4 is 47.3 Å². The van der Waals surface area contributed by atoms with E-state index in [1.807, 2.05) is 60.7 Å². The molecule has 2 aliphatic rings. The monoisotopic (exact) mass is 1030 g/mol. The molecule has 1 aliphatic carbocycles. The van der Waals surface area contributed by atoms with Crippen LogP contribution in [0.5, 0.6) is 0 Å². The molecule has 1 aliphatic heterocycles. The number of carbonyl (C=O) groups excluding carboxylic acids is 4. The summed E-state index contributed by atoms with van der Waals surface area (Å²) >= 11 is 12.4. The molecule has 72 heavy (non-hydrogen) atoms. The quantitative estimate of drug-likeness (QED) is 0.0329. The zero-order valence-electron chi connectivity index (χ0n) is 40.3. The molecular formula is C50H56Cl2N8O12. The smallest absolute Gasteiger partial charge is 0.408 e. The van der Waals surface area contributed by atoms with Crippen molar-refractivity contribution in [3.05, 3.63) is 162 Å². The van der Waals surface area contributed by atoms with Crippen molar-refractivity contribution in [3.8, 4) is 0 Å². The summed E-state index contributed by atoms with van der Waals surface area (Å²) in [5.41, 5.74) is 19.3. The first-order valence-electron chi connectivity index (χ1n) is 22.9. The van der Waals surface area contributed by atoms with Crippen molar-refractivity contribution < 1.29 is 57.1 Å². The average Bonchev–Trinajstić information content (AvgIpc) is 3.32. The number of amides is 2. The minimum Gasteiger partial charge on any atom is -0.452 e. The van der Waals surface area contributed by atoms with Crippen molar-refractivity contribution in [1.82, 2.24) is 10.6 Å². The van der Waals surface area contributed by atoms with E-state index in [2.05, 4.69) is 30.7 Å². The first kappa shape index (κ1) is 54.7. The van der Waals surface area contributed by atoms with Gasteiger partial charge < -0.3 is 48.5 Å². The highest BCUT2D eigenvalue weighted by Gasteiger charge is 2.55. The highest BCUT2D eigenvalue weighted by Crippen LogP contribution is 2.37. The fourth-order valence-electron chi connectivity index (χ4n) is 7.93. The predicted molar refractivity (Wildman–Crippen MR) is 263 cm³/mol. The van der Waals surface area contributed by atoms with Crippen molar-refractivity contribution in [3.63, 3.8) is 0 Å². The molecule has 1 saturated carbocycles. The van der Waals surface area contributed by atoms with Gasteiger partial charge in [0.25, 0.3) is 0 Å². The van der Waals surface area contributed by atoms with Crippen LogP contribution >= 0.6 is 23.2 Å². The third kappa shape index (κ3) is 16.0. The number of carbonyl (C=O) groups is 4. The summed E-state index contributed by atoms with van der Waals surface area (Å²) in [4.78, 5) is 62.3. The summed E-state index contributed by atoms with van der Waals surface area (Å²) < 4.78 is 50.5. The minimum absolute atomic E-state index is 0.00268. The summed E-state index contributed by atoms with van der Waals surface area (Å²) in [6.45, 7) is 9.54. The Hall–Kier alpha value is -6.60. The van der Waals surface area contributed by atoms with Gasteiger partial charge in [0.1, 0.15) is 35.6 Å². The van der Waals surface area contributed by atoms with Crippen molar-refractivity contribution in [1.29, 1.82) is 0 Å². The van der Waals surface area contributed by atoms with Crippen LogP contribution in [-0.4, -0.2) is 103 Å². The molecule has 0 radical (unpaired) electrons. The summed E-state index contributed by atoms with van der Waals surface area (Å²) in [5.74, 6) is -1.90. The molecule has 0 aromatic heterocycles. The van der Waals surface area contributed by atoms with Gasteiger partial charge in [0.15, 0.2) is 18.5 Å². The Bertz CT molecular complexity index is 2560. The lowest BCUT2D eigenvalue weighted by atomic mass is 9.83. The number of nitrogens with zero attached hydrogens (tertiary/aromatic N) is 6. The number of ether oxygens (including phenoxy) is 8. The van der Waals surface area contributed by atoms with Gasteiger partial charge in [-0.05, 0) is 119 Å². The number of benzene rings is 4. The summed E-state index contributed by atoms with van der Waals surface area (Å²) in [7, 11) is 0. The summed E-state index contributed by atoms with van der Waals surface area (Å²) in [6, 6.07) is 25.8. The Balaban J connectivity index is 1.51. The van der Waals surface area contributed by atoms with Crippen LogP contribution in [0.2, 0.25) is 10.0 Å². The molecule has 4 aromatic rings. The first-order valence-corrected chi connectivity index (χ1v) is 23.7. The van der Waals surface area contributed by atoms with E-state index in [1.54, 1.807) is 41.5 Å². The van der Waals surface area contributed by atoms with Crippen LogP contribution in [0.25, 0.3) is 20.9 Å².